The first kappa shape index (κ1) is 17.9. The molecular formula is C17H25ClN2O3. The molecule has 1 amide bonds. The van der Waals surface area contributed by atoms with Crippen molar-refractivity contribution in [1.29, 1.82) is 0 Å². The molecule has 1 aromatic carbocycles. The summed E-state index contributed by atoms with van der Waals surface area (Å²) in [5, 5.41) is 3.03. The van der Waals surface area contributed by atoms with Crippen molar-refractivity contribution in [1.82, 2.24) is 5.32 Å². The minimum atomic E-state index is -0.0250. The Bertz CT molecular complexity index is 565. The Morgan fingerprint density at radius 2 is 2.00 bits per heavy atom. The summed E-state index contributed by atoms with van der Waals surface area (Å²) < 4.78 is 10.5. The van der Waals surface area contributed by atoms with Crippen LogP contribution in [0.25, 0.3) is 0 Å². The van der Waals surface area contributed by atoms with Crippen LogP contribution in [0.1, 0.15) is 24.8 Å². The van der Waals surface area contributed by atoms with Crippen molar-refractivity contribution in [3.05, 3.63) is 23.8 Å². The van der Waals surface area contributed by atoms with Crippen LogP contribution in [0.3, 0.4) is 0 Å². The summed E-state index contributed by atoms with van der Waals surface area (Å²) in [6.07, 6.45) is 3.44. The molecule has 0 radical (unpaired) electrons. The molecule has 2 aliphatic rings. The van der Waals surface area contributed by atoms with Gasteiger partial charge in [-0.25, -0.2) is 0 Å². The number of methoxy groups -OCH3 is 2. The van der Waals surface area contributed by atoms with Crippen LogP contribution in [-0.4, -0.2) is 26.2 Å². The maximum absolute atomic E-state index is 12.5. The number of carbonyl (C=O) groups excluding carboxylic acids is 1. The van der Waals surface area contributed by atoms with E-state index in [9.17, 15) is 4.79 Å². The van der Waals surface area contributed by atoms with Crippen LogP contribution >= 0.6 is 12.4 Å². The predicted octanol–water partition coefficient (Wildman–Crippen LogP) is 2.12. The van der Waals surface area contributed by atoms with Gasteiger partial charge in [0.1, 0.15) is 11.5 Å². The minimum Gasteiger partial charge on any atom is -0.497 e. The molecule has 1 aromatic rings. The zero-order chi connectivity index (χ0) is 15.7. The molecule has 3 rings (SSSR count). The van der Waals surface area contributed by atoms with Crippen molar-refractivity contribution in [3.63, 3.8) is 0 Å². The Morgan fingerprint density at radius 3 is 2.61 bits per heavy atom. The molecule has 4 atom stereocenters. The monoisotopic (exact) mass is 340 g/mol. The lowest BCUT2D eigenvalue weighted by Gasteiger charge is -2.27. The van der Waals surface area contributed by atoms with E-state index in [1.165, 1.54) is 6.42 Å². The molecule has 5 nitrogen and oxygen atoms in total. The van der Waals surface area contributed by atoms with E-state index < -0.39 is 0 Å². The van der Waals surface area contributed by atoms with Gasteiger partial charge in [-0.2, -0.15) is 0 Å². The minimum absolute atomic E-state index is 0. The molecule has 3 N–H and O–H groups in total. The maximum Gasteiger partial charge on any atom is 0.225 e. The summed E-state index contributed by atoms with van der Waals surface area (Å²) in [5.41, 5.74) is 7.16. The standard InChI is InChI=1S/C17H24N2O3.ClH/c1-21-13-6-5-12(14(8-13)22-2)9-19-17(20)15-10-3-4-11(7-10)16(15)18;/h5-6,8,10-11,15-16H,3-4,7,9,18H2,1-2H3,(H,19,20);1H. The number of carbonyl (C=O) groups is 1. The smallest absolute Gasteiger partial charge is 0.225 e. The normalized spacial score (nSPS) is 28.1. The van der Waals surface area contributed by atoms with Crippen molar-refractivity contribution in [3.8, 4) is 11.5 Å². The quantitative estimate of drug-likeness (QED) is 0.861. The number of hydrogen-bond acceptors (Lipinski definition) is 4. The van der Waals surface area contributed by atoms with Crippen molar-refractivity contribution < 1.29 is 14.3 Å². The highest BCUT2D eigenvalue weighted by atomic mass is 35.5. The SMILES string of the molecule is COc1ccc(CNC(=O)C2C3CCC(C3)C2N)c(OC)c1.Cl. The van der Waals surface area contributed by atoms with E-state index >= 15 is 0 Å². The van der Waals surface area contributed by atoms with Gasteiger partial charge in [-0.05, 0) is 43.2 Å². The van der Waals surface area contributed by atoms with Crippen LogP contribution in [-0.2, 0) is 11.3 Å². The summed E-state index contributed by atoms with van der Waals surface area (Å²) in [6, 6.07) is 5.63. The van der Waals surface area contributed by atoms with E-state index in [1.807, 2.05) is 18.2 Å². The highest BCUT2D eigenvalue weighted by Gasteiger charge is 2.48. The van der Waals surface area contributed by atoms with Crippen molar-refractivity contribution >= 4 is 18.3 Å². The summed E-state index contributed by atoms with van der Waals surface area (Å²) in [4.78, 5) is 12.5. The van der Waals surface area contributed by atoms with Crippen molar-refractivity contribution in [2.45, 2.75) is 31.8 Å². The van der Waals surface area contributed by atoms with Gasteiger partial charge in [0.2, 0.25) is 5.91 Å². The lowest BCUT2D eigenvalue weighted by atomic mass is 9.84. The largest absolute Gasteiger partial charge is 0.497 e. The van der Waals surface area contributed by atoms with Gasteiger partial charge < -0.3 is 20.5 Å². The molecule has 0 aliphatic heterocycles. The van der Waals surface area contributed by atoms with Gasteiger partial charge in [0.15, 0.2) is 0 Å². The third kappa shape index (κ3) is 3.40. The molecule has 0 spiro atoms. The first-order valence-corrected chi connectivity index (χ1v) is 7.88. The van der Waals surface area contributed by atoms with E-state index in [1.54, 1.807) is 14.2 Å². The topological polar surface area (TPSA) is 73.6 Å². The second-order valence-corrected chi connectivity index (χ2v) is 6.33. The molecular weight excluding hydrogens is 316 g/mol. The number of rotatable bonds is 5. The highest BCUT2D eigenvalue weighted by Crippen LogP contribution is 2.47. The van der Waals surface area contributed by atoms with Crippen LogP contribution < -0.4 is 20.5 Å². The van der Waals surface area contributed by atoms with Crippen LogP contribution in [0.4, 0.5) is 0 Å². The third-order valence-corrected chi connectivity index (χ3v) is 5.23. The lowest BCUT2D eigenvalue weighted by Crippen LogP contribution is -2.45. The fourth-order valence-electron chi connectivity index (χ4n) is 4.02. The number of hydrogen-bond donors (Lipinski definition) is 2. The molecule has 0 saturated heterocycles. The summed E-state index contributed by atoms with van der Waals surface area (Å²) in [6.45, 7) is 0.451. The first-order chi connectivity index (χ1) is 10.6. The van der Waals surface area contributed by atoms with Gasteiger partial charge in [0.25, 0.3) is 0 Å². The zero-order valence-corrected chi connectivity index (χ0v) is 14.4. The number of fused-ring (bicyclic) bond motifs is 2. The molecule has 2 aliphatic carbocycles. The number of amides is 1. The fraction of sp³-hybridized carbons (Fsp3) is 0.588. The maximum atomic E-state index is 12.5. The third-order valence-electron chi connectivity index (χ3n) is 5.23. The molecule has 2 saturated carbocycles. The van der Waals surface area contributed by atoms with E-state index in [-0.39, 0.29) is 30.3 Å². The average molecular weight is 341 g/mol. The molecule has 23 heavy (non-hydrogen) atoms. The van der Waals surface area contributed by atoms with Crippen LogP contribution in [0.5, 0.6) is 11.5 Å². The van der Waals surface area contributed by atoms with E-state index in [4.69, 9.17) is 15.2 Å². The lowest BCUT2D eigenvalue weighted by molar-refractivity contribution is -0.127. The second kappa shape index (κ2) is 7.41. The van der Waals surface area contributed by atoms with Crippen LogP contribution in [0.2, 0.25) is 0 Å². The molecule has 0 heterocycles. The van der Waals surface area contributed by atoms with E-state index in [2.05, 4.69) is 5.32 Å². The summed E-state index contributed by atoms with van der Waals surface area (Å²) >= 11 is 0. The van der Waals surface area contributed by atoms with Crippen molar-refractivity contribution in [2.24, 2.45) is 23.5 Å². The van der Waals surface area contributed by atoms with Crippen molar-refractivity contribution in [2.75, 3.05) is 14.2 Å². The number of nitrogens with one attached hydrogen (secondary N) is 1. The number of halogens is 1. The van der Waals surface area contributed by atoms with E-state index in [0.29, 0.717) is 18.4 Å². The molecule has 128 valence electrons. The molecule has 0 aromatic heterocycles. The fourth-order valence-corrected chi connectivity index (χ4v) is 4.02. The Hall–Kier alpha value is -1.46. The second-order valence-electron chi connectivity index (χ2n) is 6.33. The Labute approximate surface area is 143 Å². The van der Waals surface area contributed by atoms with Gasteiger partial charge in [-0.1, -0.05) is 0 Å². The predicted molar refractivity (Wildman–Crippen MR) is 90.9 cm³/mol. The zero-order valence-electron chi connectivity index (χ0n) is 13.6. The van der Waals surface area contributed by atoms with Gasteiger partial charge in [-0.3, -0.25) is 4.79 Å². The molecule has 2 bridgehead atoms. The highest BCUT2D eigenvalue weighted by molar-refractivity contribution is 5.85. The van der Waals surface area contributed by atoms with Crippen LogP contribution in [0.15, 0.2) is 18.2 Å². The van der Waals surface area contributed by atoms with Gasteiger partial charge in [-0.15, -0.1) is 12.4 Å². The van der Waals surface area contributed by atoms with Gasteiger partial charge in [0, 0.05) is 24.2 Å². The van der Waals surface area contributed by atoms with E-state index in [0.717, 1.165) is 29.9 Å². The Morgan fingerprint density at radius 1 is 1.26 bits per heavy atom. The van der Waals surface area contributed by atoms with Gasteiger partial charge >= 0.3 is 0 Å². The number of nitrogens with two attached hydrogens (primary N) is 1. The molecule has 4 unspecified atom stereocenters. The number of ether oxygens (including phenoxy) is 2. The van der Waals surface area contributed by atoms with Crippen LogP contribution in [0, 0.1) is 17.8 Å². The molecule has 2 fully saturated rings. The Kier molecular flexibility index (Phi) is 5.76. The average Bonchev–Trinajstić information content (AvgIpc) is 3.13. The molecule has 6 heteroatoms. The number of benzene rings is 1. The Balaban J connectivity index is 0.00000192. The summed E-state index contributed by atoms with van der Waals surface area (Å²) in [5.74, 6) is 2.52. The first-order valence-electron chi connectivity index (χ1n) is 7.88. The van der Waals surface area contributed by atoms with Gasteiger partial charge in [0.05, 0.1) is 20.1 Å². The summed E-state index contributed by atoms with van der Waals surface area (Å²) in [7, 11) is 3.23.